The number of aliphatic hydroxyl groups is 2. The first-order valence-corrected chi connectivity index (χ1v) is 8.66. The van der Waals surface area contributed by atoms with Crippen molar-refractivity contribution < 1.29 is 24.4 Å². The number of thioether (sulfide) groups is 2. The van der Waals surface area contributed by atoms with Crippen LogP contribution in [0.5, 0.6) is 0 Å². The van der Waals surface area contributed by atoms with Crippen molar-refractivity contribution in [3.8, 4) is 0 Å². The number of aliphatic hydroxyl groups excluding tert-OH is 2. The molecule has 0 amide bonds. The Balaban J connectivity index is 2.36. The maximum atomic E-state index is 9.41. The topological polar surface area (TPSA) is 68.2 Å². The summed E-state index contributed by atoms with van der Waals surface area (Å²) in [5.74, 6) is 1.64. The Bertz CT molecular complexity index is 189. The van der Waals surface area contributed by atoms with Crippen LogP contribution in [-0.2, 0) is 14.2 Å². The van der Waals surface area contributed by atoms with Gasteiger partial charge in [0.1, 0.15) is 0 Å². The van der Waals surface area contributed by atoms with Crippen molar-refractivity contribution in [1.29, 1.82) is 0 Å². The largest absolute Gasteiger partial charge is 0.395 e. The first-order chi connectivity index (χ1) is 9.38. The lowest BCUT2D eigenvalue weighted by Crippen LogP contribution is -2.29. The lowest BCUT2D eigenvalue weighted by molar-refractivity contribution is 0.0205. The number of hydrogen-bond donors (Lipinski definition) is 2. The summed E-state index contributed by atoms with van der Waals surface area (Å²) in [5, 5.41) is 18.9. The quantitative estimate of drug-likeness (QED) is 0.757. The standard InChI is InChI=1S/C12H24O5S2/c13-9-11-12(10-14)19-8-6-17-4-2-15-1-3-16-5-7-18-11/h11-14H,1-10H2. The van der Waals surface area contributed by atoms with Crippen molar-refractivity contribution in [2.75, 3.05) is 64.4 Å². The summed E-state index contributed by atoms with van der Waals surface area (Å²) in [7, 11) is 0. The molecule has 19 heavy (non-hydrogen) atoms. The van der Waals surface area contributed by atoms with Gasteiger partial charge in [-0.25, -0.2) is 0 Å². The number of rotatable bonds is 2. The molecule has 2 N–H and O–H groups in total. The van der Waals surface area contributed by atoms with Gasteiger partial charge in [0.2, 0.25) is 0 Å². The van der Waals surface area contributed by atoms with Crippen LogP contribution in [0, 0.1) is 0 Å². The van der Waals surface area contributed by atoms with Crippen LogP contribution >= 0.6 is 23.5 Å². The van der Waals surface area contributed by atoms with E-state index in [1.54, 1.807) is 23.5 Å². The van der Waals surface area contributed by atoms with E-state index in [1.807, 2.05) is 0 Å². The predicted octanol–water partition coefficient (Wildman–Crippen LogP) is 0.238. The highest BCUT2D eigenvalue weighted by Gasteiger charge is 2.21. The van der Waals surface area contributed by atoms with Crippen LogP contribution in [0.4, 0.5) is 0 Å². The molecule has 1 saturated heterocycles. The molecular weight excluding hydrogens is 288 g/mol. The van der Waals surface area contributed by atoms with Crippen molar-refractivity contribution in [2.45, 2.75) is 10.5 Å². The van der Waals surface area contributed by atoms with E-state index in [0.29, 0.717) is 39.6 Å². The van der Waals surface area contributed by atoms with Crippen LogP contribution in [0.1, 0.15) is 0 Å². The van der Waals surface area contributed by atoms with Gasteiger partial charge >= 0.3 is 0 Å². The second-order valence-corrected chi connectivity index (χ2v) is 6.71. The molecule has 0 spiro atoms. The smallest absolute Gasteiger partial charge is 0.0701 e. The number of ether oxygens (including phenoxy) is 3. The SMILES string of the molecule is OCC1SCCOCCOCCOCCSC1CO. The third-order valence-electron chi connectivity index (χ3n) is 2.64. The van der Waals surface area contributed by atoms with Crippen LogP contribution in [0.3, 0.4) is 0 Å². The molecule has 0 radical (unpaired) electrons. The maximum Gasteiger partial charge on any atom is 0.0701 e. The molecule has 1 aliphatic heterocycles. The maximum absolute atomic E-state index is 9.41. The molecule has 1 heterocycles. The average molecular weight is 312 g/mol. The molecule has 0 aromatic rings. The Kier molecular flexibility index (Phi) is 11.3. The van der Waals surface area contributed by atoms with Gasteiger partial charge in [-0.15, -0.1) is 0 Å². The van der Waals surface area contributed by atoms with E-state index in [0.717, 1.165) is 11.5 Å². The minimum Gasteiger partial charge on any atom is -0.395 e. The van der Waals surface area contributed by atoms with Gasteiger partial charge in [-0.1, -0.05) is 0 Å². The Hall–Kier alpha value is 0.500. The summed E-state index contributed by atoms with van der Waals surface area (Å²) in [6.07, 6.45) is 0. The van der Waals surface area contributed by atoms with E-state index < -0.39 is 0 Å². The molecule has 114 valence electrons. The molecule has 5 nitrogen and oxygen atoms in total. The lowest BCUT2D eigenvalue weighted by atomic mass is 10.3. The second kappa shape index (κ2) is 12.3. The van der Waals surface area contributed by atoms with E-state index >= 15 is 0 Å². The van der Waals surface area contributed by atoms with Crippen LogP contribution in [0.2, 0.25) is 0 Å². The van der Waals surface area contributed by atoms with E-state index in [4.69, 9.17) is 14.2 Å². The summed E-state index contributed by atoms with van der Waals surface area (Å²) in [6.45, 7) is 3.79. The fourth-order valence-electron chi connectivity index (χ4n) is 1.61. The molecule has 0 aromatic carbocycles. The van der Waals surface area contributed by atoms with Gasteiger partial charge in [0.15, 0.2) is 0 Å². The summed E-state index contributed by atoms with van der Waals surface area (Å²) in [6, 6.07) is 0. The molecule has 0 bridgehead atoms. The minimum atomic E-state index is 0.0416. The molecule has 7 heteroatoms. The van der Waals surface area contributed by atoms with Gasteiger partial charge in [-0.3, -0.25) is 0 Å². The zero-order valence-corrected chi connectivity index (χ0v) is 12.8. The monoisotopic (exact) mass is 312 g/mol. The second-order valence-electron chi connectivity index (χ2n) is 4.02. The van der Waals surface area contributed by atoms with Crippen molar-refractivity contribution in [1.82, 2.24) is 0 Å². The van der Waals surface area contributed by atoms with Gasteiger partial charge in [-0.2, -0.15) is 23.5 Å². The van der Waals surface area contributed by atoms with Gasteiger partial charge in [0, 0.05) is 22.0 Å². The molecule has 2 atom stereocenters. The van der Waals surface area contributed by atoms with E-state index in [9.17, 15) is 10.2 Å². The van der Waals surface area contributed by atoms with Crippen molar-refractivity contribution in [2.24, 2.45) is 0 Å². The van der Waals surface area contributed by atoms with Gasteiger partial charge in [0.05, 0.1) is 52.9 Å². The van der Waals surface area contributed by atoms with E-state index in [1.165, 1.54) is 0 Å². The van der Waals surface area contributed by atoms with Gasteiger partial charge in [-0.05, 0) is 0 Å². The molecule has 1 fully saturated rings. The van der Waals surface area contributed by atoms with Gasteiger partial charge in [0.25, 0.3) is 0 Å². The number of hydrogen-bond acceptors (Lipinski definition) is 7. The minimum absolute atomic E-state index is 0.0416. The third-order valence-corrected chi connectivity index (χ3v) is 5.43. The Morgan fingerprint density at radius 2 is 1.05 bits per heavy atom. The van der Waals surface area contributed by atoms with Crippen molar-refractivity contribution in [3.63, 3.8) is 0 Å². The van der Waals surface area contributed by atoms with E-state index in [-0.39, 0.29) is 23.7 Å². The zero-order chi connectivity index (χ0) is 13.8. The summed E-state index contributed by atoms with van der Waals surface area (Å²) < 4.78 is 16.2. The molecular formula is C12H24O5S2. The molecule has 0 aliphatic carbocycles. The lowest BCUT2D eigenvalue weighted by Gasteiger charge is -2.23. The zero-order valence-electron chi connectivity index (χ0n) is 11.2. The molecule has 1 aliphatic rings. The molecule has 0 aromatic heterocycles. The van der Waals surface area contributed by atoms with Crippen molar-refractivity contribution >= 4 is 23.5 Å². The summed E-state index contributed by atoms with van der Waals surface area (Å²) in [5.41, 5.74) is 0. The van der Waals surface area contributed by atoms with Crippen LogP contribution in [0.15, 0.2) is 0 Å². The fourth-order valence-corrected chi connectivity index (χ4v) is 3.93. The normalized spacial score (nSPS) is 29.4. The first kappa shape index (κ1) is 17.6. The Morgan fingerprint density at radius 3 is 1.42 bits per heavy atom. The first-order valence-electron chi connectivity index (χ1n) is 6.56. The predicted molar refractivity (Wildman–Crippen MR) is 79.1 cm³/mol. The Labute approximate surface area is 123 Å². The Morgan fingerprint density at radius 1 is 0.684 bits per heavy atom. The average Bonchev–Trinajstić information content (AvgIpc) is 2.45. The molecule has 2 unspecified atom stereocenters. The van der Waals surface area contributed by atoms with Gasteiger partial charge < -0.3 is 24.4 Å². The summed E-state index contributed by atoms with van der Waals surface area (Å²) >= 11 is 3.30. The summed E-state index contributed by atoms with van der Waals surface area (Å²) in [4.78, 5) is 0. The highest BCUT2D eigenvalue weighted by atomic mass is 32.2. The molecule has 0 saturated carbocycles. The van der Waals surface area contributed by atoms with Crippen LogP contribution in [0.25, 0.3) is 0 Å². The third kappa shape index (κ3) is 8.39. The fraction of sp³-hybridized carbons (Fsp3) is 1.00. The highest BCUT2D eigenvalue weighted by molar-refractivity contribution is 8.03. The van der Waals surface area contributed by atoms with Crippen LogP contribution < -0.4 is 0 Å². The molecule has 1 rings (SSSR count). The van der Waals surface area contributed by atoms with E-state index in [2.05, 4.69) is 0 Å². The highest BCUT2D eigenvalue weighted by Crippen LogP contribution is 2.24. The van der Waals surface area contributed by atoms with Crippen LogP contribution in [-0.4, -0.2) is 85.1 Å². The van der Waals surface area contributed by atoms with Crippen molar-refractivity contribution in [3.05, 3.63) is 0 Å².